The van der Waals surface area contributed by atoms with Gasteiger partial charge in [0, 0.05) is 18.5 Å². The van der Waals surface area contributed by atoms with Crippen molar-refractivity contribution in [2.45, 2.75) is 6.55 Å². The second-order valence-electron chi connectivity index (χ2n) is 1.88. The third-order valence-electron chi connectivity index (χ3n) is 1.12. The van der Waals surface area contributed by atoms with E-state index in [2.05, 4.69) is 15.9 Å². The van der Waals surface area contributed by atoms with Crippen LogP contribution in [0.25, 0.3) is 0 Å². The molecule has 0 spiro atoms. The highest BCUT2D eigenvalue weighted by Gasteiger charge is 2.03. The molecule has 2 nitrogen and oxygen atoms in total. The van der Waals surface area contributed by atoms with Gasteiger partial charge < -0.3 is 0 Å². The monoisotopic (exact) mass is 223 g/mol. The Morgan fingerprint density at radius 2 is 2.18 bits per heavy atom. The highest BCUT2D eigenvalue weighted by molar-refractivity contribution is 9.10. The predicted octanol–water partition coefficient (Wildman–Crippen LogP) is 2.01. The van der Waals surface area contributed by atoms with Crippen LogP contribution in [0.15, 0.2) is 27.7 Å². The van der Waals surface area contributed by atoms with Crippen molar-refractivity contribution in [2.24, 2.45) is 0 Å². The Bertz CT molecular complexity index is 310. The van der Waals surface area contributed by atoms with Crippen LogP contribution >= 0.6 is 15.9 Å². The average Bonchev–Trinajstić information content (AvgIpc) is 1.94. The first kappa shape index (κ1) is 8.39. The summed E-state index contributed by atoms with van der Waals surface area (Å²) in [6.07, 6.45) is 2.09. The Hall–Kier alpha value is -0.710. The van der Waals surface area contributed by atoms with Crippen LogP contribution < -0.4 is 5.43 Å². The summed E-state index contributed by atoms with van der Waals surface area (Å²) in [5, 5.41) is 0. The van der Waals surface area contributed by atoms with Crippen molar-refractivity contribution in [1.29, 1.82) is 0 Å². The van der Waals surface area contributed by atoms with Gasteiger partial charge in [0.05, 0.1) is 4.47 Å². The molecule has 11 heavy (non-hydrogen) atoms. The van der Waals surface area contributed by atoms with E-state index in [1.807, 2.05) is 0 Å². The summed E-state index contributed by atoms with van der Waals surface area (Å²) in [5.41, 5.74) is -0.304. The number of pyridine rings is 1. The lowest BCUT2D eigenvalue weighted by atomic mass is 10.5. The molecular formula is C6H4BrF2NO. The number of rotatable bonds is 1. The topological polar surface area (TPSA) is 22.0 Å². The molecule has 1 heterocycles. The van der Waals surface area contributed by atoms with Crippen LogP contribution in [0.2, 0.25) is 0 Å². The maximum atomic E-state index is 11.9. The Morgan fingerprint density at radius 3 is 2.64 bits per heavy atom. The van der Waals surface area contributed by atoms with Crippen LogP contribution in [0.1, 0.15) is 6.55 Å². The number of alkyl halides is 2. The standard InChI is InChI=1S/C6H4BrF2NO/c7-4-3-10(6(8)9)2-1-5(4)11/h1-3,6H. The maximum Gasteiger partial charge on any atom is 0.318 e. The van der Waals surface area contributed by atoms with Gasteiger partial charge in [-0.05, 0) is 15.9 Å². The minimum absolute atomic E-state index is 0.139. The summed E-state index contributed by atoms with van der Waals surface area (Å²) in [7, 11) is 0. The van der Waals surface area contributed by atoms with Crippen LogP contribution in [-0.4, -0.2) is 4.57 Å². The van der Waals surface area contributed by atoms with E-state index < -0.39 is 6.55 Å². The van der Waals surface area contributed by atoms with Crippen molar-refractivity contribution < 1.29 is 8.78 Å². The third-order valence-corrected chi connectivity index (χ3v) is 1.72. The largest absolute Gasteiger partial charge is 0.318 e. The summed E-state index contributed by atoms with van der Waals surface area (Å²) in [6, 6.07) is 1.08. The molecule has 5 heteroatoms. The van der Waals surface area contributed by atoms with Gasteiger partial charge in [0.2, 0.25) is 0 Å². The van der Waals surface area contributed by atoms with Gasteiger partial charge in [-0.25, -0.2) is 0 Å². The van der Waals surface area contributed by atoms with Crippen molar-refractivity contribution in [3.8, 4) is 0 Å². The van der Waals surface area contributed by atoms with Crippen molar-refractivity contribution in [1.82, 2.24) is 4.57 Å². The van der Waals surface area contributed by atoms with E-state index in [-0.39, 0.29) is 9.90 Å². The Balaban J connectivity index is 3.15. The molecule has 0 radical (unpaired) electrons. The van der Waals surface area contributed by atoms with Crippen LogP contribution in [0.5, 0.6) is 0 Å². The van der Waals surface area contributed by atoms with Gasteiger partial charge in [0.25, 0.3) is 0 Å². The quantitative estimate of drug-likeness (QED) is 0.714. The molecule has 0 fully saturated rings. The lowest BCUT2D eigenvalue weighted by molar-refractivity contribution is 0.0694. The summed E-state index contributed by atoms with van der Waals surface area (Å²) in [6.45, 7) is -2.60. The molecule has 0 aliphatic heterocycles. The molecule has 0 aromatic carbocycles. The zero-order valence-corrected chi connectivity index (χ0v) is 6.88. The number of hydrogen-bond donors (Lipinski definition) is 0. The highest BCUT2D eigenvalue weighted by atomic mass is 79.9. The van der Waals surface area contributed by atoms with Gasteiger partial charge in [-0.2, -0.15) is 8.78 Å². The average molecular weight is 224 g/mol. The predicted molar refractivity (Wildman–Crippen MR) is 39.7 cm³/mol. The molecule has 0 saturated carbocycles. The first-order chi connectivity index (χ1) is 5.11. The molecular weight excluding hydrogens is 220 g/mol. The van der Waals surface area contributed by atoms with E-state index in [1.54, 1.807) is 0 Å². The molecule has 60 valence electrons. The summed E-state index contributed by atoms with van der Waals surface area (Å²) in [4.78, 5) is 10.7. The fourth-order valence-corrected chi connectivity index (χ4v) is 0.961. The first-order valence-electron chi connectivity index (χ1n) is 2.76. The second kappa shape index (κ2) is 3.13. The SMILES string of the molecule is O=c1ccn(C(F)F)cc1Br. The third kappa shape index (κ3) is 1.86. The molecule has 0 saturated heterocycles. The molecule has 1 aromatic heterocycles. The van der Waals surface area contributed by atoms with E-state index in [1.165, 1.54) is 0 Å². The van der Waals surface area contributed by atoms with E-state index in [0.717, 1.165) is 18.5 Å². The van der Waals surface area contributed by atoms with E-state index in [9.17, 15) is 13.6 Å². The zero-order valence-electron chi connectivity index (χ0n) is 5.30. The van der Waals surface area contributed by atoms with Crippen molar-refractivity contribution >= 4 is 15.9 Å². The van der Waals surface area contributed by atoms with Crippen LogP contribution in [0, 0.1) is 0 Å². The summed E-state index contributed by atoms with van der Waals surface area (Å²) < 4.78 is 24.6. The normalized spacial score (nSPS) is 10.5. The Morgan fingerprint density at radius 1 is 1.55 bits per heavy atom. The molecule has 0 bridgehead atoms. The van der Waals surface area contributed by atoms with Gasteiger partial charge in [-0.3, -0.25) is 9.36 Å². The van der Waals surface area contributed by atoms with E-state index in [4.69, 9.17) is 0 Å². The van der Waals surface area contributed by atoms with Gasteiger partial charge in [0.1, 0.15) is 0 Å². The summed E-state index contributed by atoms with van der Waals surface area (Å²) >= 11 is 2.85. The minimum atomic E-state index is -2.60. The molecule has 0 aliphatic rings. The van der Waals surface area contributed by atoms with Crippen molar-refractivity contribution in [2.75, 3.05) is 0 Å². The first-order valence-corrected chi connectivity index (χ1v) is 3.56. The maximum absolute atomic E-state index is 11.9. The van der Waals surface area contributed by atoms with Gasteiger partial charge in [-0.1, -0.05) is 0 Å². The lowest BCUT2D eigenvalue weighted by Gasteiger charge is -2.02. The van der Waals surface area contributed by atoms with Crippen LogP contribution in [0.4, 0.5) is 8.78 Å². The van der Waals surface area contributed by atoms with Gasteiger partial charge >= 0.3 is 6.55 Å². The Kier molecular flexibility index (Phi) is 2.38. The molecule has 0 atom stereocenters. The zero-order chi connectivity index (χ0) is 8.43. The van der Waals surface area contributed by atoms with Gasteiger partial charge in [-0.15, -0.1) is 0 Å². The Labute approximate surface area is 69.6 Å². The van der Waals surface area contributed by atoms with E-state index in [0.29, 0.717) is 4.57 Å². The molecule has 0 N–H and O–H groups in total. The molecule has 0 amide bonds. The number of halogens is 3. The highest BCUT2D eigenvalue weighted by Crippen LogP contribution is 2.10. The van der Waals surface area contributed by atoms with Crippen molar-refractivity contribution in [3.05, 3.63) is 33.2 Å². The fraction of sp³-hybridized carbons (Fsp3) is 0.167. The number of aromatic nitrogens is 1. The smallest absolute Gasteiger partial charge is 0.297 e. The van der Waals surface area contributed by atoms with Crippen molar-refractivity contribution in [3.63, 3.8) is 0 Å². The lowest BCUT2D eigenvalue weighted by Crippen LogP contribution is -2.06. The molecule has 1 aromatic rings. The molecule has 1 rings (SSSR count). The van der Waals surface area contributed by atoms with E-state index >= 15 is 0 Å². The fourth-order valence-electron chi connectivity index (χ4n) is 0.592. The number of hydrogen-bond acceptors (Lipinski definition) is 1. The van der Waals surface area contributed by atoms with Crippen LogP contribution in [0.3, 0.4) is 0 Å². The van der Waals surface area contributed by atoms with Crippen LogP contribution in [-0.2, 0) is 0 Å². The minimum Gasteiger partial charge on any atom is -0.297 e. The second-order valence-corrected chi connectivity index (χ2v) is 2.74. The summed E-state index contributed by atoms with van der Waals surface area (Å²) in [5.74, 6) is 0. The molecule has 0 aliphatic carbocycles. The number of nitrogens with zero attached hydrogens (tertiary/aromatic N) is 1. The van der Waals surface area contributed by atoms with Gasteiger partial charge in [0.15, 0.2) is 5.43 Å². The molecule has 0 unspecified atom stereocenters.